The summed E-state index contributed by atoms with van der Waals surface area (Å²) in [5.41, 5.74) is 2.12. The third-order valence-electron chi connectivity index (χ3n) is 5.60. The van der Waals surface area contributed by atoms with Crippen molar-refractivity contribution in [2.75, 3.05) is 19.6 Å². The van der Waals surface area contributed by atoms with E-state index in [1.165, 1.54) is 16.3 Å². The quantitative estimate of drug-likeness (QED) is 0.654. The van der Waals surface area contributed by atoms with E-state index in [2.05, 4.69) is 54.7 Å². The number of nitrogens with zero attached hydrogens (tertiary/aromatic N) is 1. The van der Waals surface area contributed by atoms with Gasteiger partial charge in [-0.2, -0.15) is 0 Å². The molecule has 1 unspecified atom stereocenters. The number of benzene rings is 3. The zero-order chi connectivity index (χ0) is 18.6. The fraction of sp³-hybridized carbons (Fsp3) is 0.292. The molecule has 1 saturated heterocycles. The van der Waals surface area contributed by atoms with Crippen LogP contribution in [-0.2, 0) is 0 Å². The first-order valence-corrected chi connectivity index (χ1v) is 9.78. The van der Waals surface area contributed by atoms with E-state index in [1.54, 1.807) is 0 Å². The van der Waals surface area contributed by atoms with E-state index < -0.39 is 0 Å². The first-order chi connectivity index (χ1) is 13.2. The average Bonchev–Trinajstić information content (AvgIpc) is 3.20. The molecule has 3 nitrogen and oxygen atoms in total. The van der Waals surface area contributed by atoms with E-state index in [-0.39, 0.29) is 24.4 Å². The molecule has 28 heavy (non-hydrogen) atoms. The Labute approximate surface area is 173 Å². The minimum Gasteiger partial charge on any atom is -0.338 e. The Balaban J connectivity index is 0.00000225. The van der Waals surface area contributed by atoms with E-state index in [0.717, 1.165) is 31.6 Å². The van der Waals surface area contributed by atoms with Gasteiger partial charge in [0.05, 0.1) is 0 Å². The van der Waals surface area contributed by atoms with E-state index in [0.29, 0.717) is 5.92 Å². The zero-order valence-electron chi connectivity index (χ0n) is 16.2. The van der Waals surface area contributed by atoms with Crippen LogP contribution >= 0.6 is 12.4 Å². The lowest BCUT2D eigenvalue weighted by Crippen LogP contribution is -2.31. The lowest BCUT2D eigenvalue weighted by Gasteiger charge is -2.20. The van der Waals surface area contributed by atoms with Crippen LogP contribution in [0.3, 0.4) is 0 Å². The standard InChI is InChI=1S/C24H26N2O.ClH/c1-18(22-13-7-11-20-8-5-6-12-23(20)22)25-16-19-14-15-26(17-19)24(27)21-9-3-2-4-10-21;/h2-13,18-19,25H,14-17H2,1H3;1H/t18-,19?;/m1./s1. The van der Waals surface area contributed by atoms with Crippen molar-refractivity contribution in [3.05, 3.63) is 83.9 Å². The number of carbonyl (C=O) groups excluding carboxylic acids is 1. The molecule has 4 rings (SSSR count). The molecule has 1 aliphatic heterocycles. The molecule has 0 aromatic heterocycles. The Kier molecular flexibility index (Phi) is 6.71. The maximum absolute atomic E-state index is 12.6. The number of amides is 1. The molecule has 0 aliphatic carbocycles. The highest BCUT2D eigenvalue weighted by Crippen LogP contribution is 2.25. The van der Waals surface area contributed by atoms with Crippen LogP contribution in [0.5, 0.6) is 0 Å². The van der Waals surface area contributed by atoms with Crippen molar-refractivity contribution in [2.45, 2.75) is 19.4 Å². The molecule has 3 aromatic rings. The Bertz CT molecular complexity index is 923. The number of halogens is 1. The molecule has 0 radical (unpaired) electrons. The molecule has 2 atom stereocenters. The van der Waals surface area contributed by atoms with Gasteiger partial charge in [0, 0.05) is 31.2 Å². The van der Waals surface area contributed by atoms with Crippen molar-refractivity contribution >= 4 is 29.1 Å². The molecule has 1 amide bonds. The van der Waals surface area contributed by atoms with E-state index >= 15 is 0 Å². The molecule has 1 fully saturated rings. The molecule has 1 aliphatic rings. The maximum atomic E-state index is 12.6. The summed E-state index contributed by atoms with van der Waals surface area (Å²) in [6, 6.07) is 24.9. The minimum absolute atomic E-state index is 0. The van der Waals surface area contributed by atoms with Gasteiger partial charge in [-0.05, 0) is 47.7 Å². The van der Waals surface area contributed by atoms with Gasteiger partial charge in [0.2, 0.25) is 0 Å². The second kappa shape index (κ2) is 9.22. The second-order valence-electron chi connectivity index (χ2n) is 7.47. The molecule has 0 spiro atoms. The number of carbonyl (C=O) groups is 1. The molecule has 0 saturated carbocycles. The number of fused-ring (bicyclic) bond motifs is 1. The van der Waals surface area contributed by atoms with E-state index in [4.69, 9.17) is 0 Å². The summed E-state index contributed by atoms with van der Waals surface area (Å²) in [4.78, 5) is 14.6. The summed E-state index contributed by atoms with van der Waals surface area (Å²) < 4.78 is 0. The Morgan fingerprint density at radius 2 is 1.75 bits per heavy atom. The van der Waals surface area contributed by atoms with Crippen LogP contribution in [0.15, 0.2) is 72.8 Å². The largest absolute Gasteiger partial charge is 0.338 e. The highest BCUT2D eigenvalue weighted by Gasteiger charge is 2.27. The van der Waals surface area contributed by atoms with Crippen LogP contribution in [0.25, 0.3) is 10.8 Å². The lowest BCUT2D eigenvalue weighted by molar-refractivity contribution is 0.0787. The van der Waals surface area contributed by atoms with Gasteiger partial charge in [-0.1, -0.05) is 60.7 Å². The molecule has 3 aromatic carbocycles. The van der Waals surface area contributed by atoms with Gasteiger partial charge >= 0.3 is 0 Å². The number of nitrogens with one attached hydrogen (secondary N) is 1. The van der Waals surface area contributed by atoms with Gasteiger partial charge < -0.3 is 10.2 Å². The van der Waals surface area contributed by atoms with E-state index in [9.17, 15) is 4.79 Å². The number of likely N-dealkylation sites (tertiary alicyclic amines) is 1. The van der Waals surface area contributed by atoms with Crippen LogP contribution < -0.4 is 5.32 Å². The summed E-state index contributed by atoms with van der Waals surface area (Å²) in [7, 11) is 0. The molecule has 146 valence electrons. The van der Waals surface area contributed by atoms with Gasteiger partial charge in [0.15, 0.2) is 0 Å². The molecule has 1 N–H and O–H groups in total. The van der Waals surface area contributed by atoms with Gasteiger partial charge in [-0.3, -0.25) is 4.79 Å². The molecular formula is C24H27ClN2O. The average molecular weight is 395 g/mol. The van der Waals surface area contributed by atoms with Crippen LogP contribution in [0.4, 0.5) is 0 Å². The fourth-order valence-electron chi connectivity index (χ4n) is 4.03. The van der Waals surface area contributed by atoms with Crippen molar-refractivity contribution < 1.29 is 4.79 Å². The highest BCUT2D eigenvalue weighted by molar-refractivity contribution is 5.94. The molecule has 1 heterocycles. The Morgan fingerprint density at radius 3 is 2.57 bits per heavy atom. The molecule has 4 heteroatoms. The highest BCUT2D eigenvalue weighted by atomic mass is 35.5. The minimum atomic E-state index is 0. The van der Waals surface area contributed by atoms with Crippen molar-refractivity contribution in [2.24, 2.45) is 5.92 Å². The number of rotatable bonds is 5. The maximum Gasteiger partial charge on any atom is 0.253 e. The van der Waals surface area contributed by atoms with Crippen LogP contribution in [0.2, 0.25) is 0 Å². The number of hydrogen-bond donors (Lipinski definition) is 1. The van der Waals surface area contributed by atoms with Crippen molar-refractivity contribution in [1.82, 2.24) is 10.2 Å². The summed E-state index contributed by atoms with van der Waals surface area (Å²) in [5, 5.41) is 6.29. The third kappa shape index (κ3) is 4.37. The SMILES string of the molecule is C[C@@H](NCC1CCN(C(=O)c2ccccc2)C1)c1cccc2ccccc12.Cl. The fourth-order valence-corrected chi connectivity index (χ4v) is 4.03. The predicted molar refractivity (Wildman–Crippen MR) is 118 cm³/mol. The van der Waals surface area contributed by atoms with Gasteiger partial charge in [-0.15, -0.1) is 12.4 Å². The van der Waals surface area contributed by atoms with Crippen molar-refractivity contribution in [1.29, 1.82) is 0 Å². The summed E-state index contributed by atoms with van der Waals surface area (Å²) >= 11 is 0. The molecule has 0 bridgehead atoms. The van der Waals surface area contributed by atoms with Crippen molar-refractivity contribution in [3.63, 3.8) is 0 Å². The van der Waals surface area contributed by atoms with Gasteiger partial charge in [0.1, 0.15) is 0 Å². The van der Waals surface area contributed by atoms with Gasteiger partial charge in [0.25, 0.3) is 5.91 Å². The topological polar surface area (TPSA) is 32.3 Å². The van der Waals surface area contributed by atoms with Crippen LogP contribution in [0.1, 0.15) is 35.3 Å². The first kappa shape index (κ1) is 20.4. The van der Waals surface area contributed by atoms with Crippen LogP contribution in [0, 0.1) is 5.92 Å². The van der Waals surface area contributed by atoms with Crippen LogP contribution in [-0.4, -0.2) is 30.4 Å². The Hall–Kier alpha value is -2.36. The normalized spacial score (nSPS) is 17.3. The smallest absolute Gasteiger partial charge is 0.253 e. The molecular weight excluding hydrogens is 368 g/mol. The predicted octanol–water partition coefficient (Wildman–Crippen LogP) is 5.07. The van der Waals surface area contributed by atoms with Crippen molar-refractivity contribution in [3.8, 4) is 0 Å². The third-order valence-corrected chi connectivity index (χ3v) is 5.60. The summed E-state index contributed by atoms with van der Waals surface area (Å²) in [5.74, 6) is 0.662. The zero-order valence-corrected chi connectivity index (χ0v) is 17.0. The lowest BCUT2D eigenvalue weighted by atomic mass is 9.99. The van der Waals surface area contributed by atoms with E-state index in [1.807, 2.05) is 35.2 Å². The monoisotopic (exact) mass is 394 g/mol. The number of hydrogen-bond acceptors (Lipinski definition) is 2. The van der Waals surface area contributed by atoms with Gasteiger partial charge in [-0.25, -0.2) is 0 Å². The second-order valence-corrected chi connectivity index (χ2v) is 7.47. The summed E-state index contributed by atoms with van der Waals surface area (Å²) in [6.07, 6.45) is 1.06. The summed E-state index contributed by atoms with van der Waals surface area (Å²) in [6.45, 7) is 4.85. The Morgan fingerprint density at radius 1 is 1.04 bits per heavy atom. The first-order valence-electron chi connectivity index (χ1n) is 9.78.